The lowest BCUT2D eigenvalue weighted by Gasteiger charge is -2.27. The highest BCUT2D eigenvalue weighted by Gasteiger charge is 2.35. The molecule has 1 aromatic rings. The van der Waals surface area contributed by atoms with E-state index in [2.05, 4.69) is 5.32 Å². The molecule has 0 saturated carbocycles. The van der Waals surface area contributed by atoms with Crippen LogP contribution in [0, 0.1) is 6.92 Å². The average Bonchev–Trinajstić information content (AvgIpc) is 2.37. The molecule has 0 spiro atoms. The van der Waals surface area contributed by atoms with Crippen molar-refractivity contribution < 1.29 is 14.3 Å². The molecule has 1 unspecified atom stereocenters. The van der Waals surface area contributed by atoms with Crippen LogP contribution in [0.15, 0.2) is 18.2 Å². The molecule has 1 amide bonds. The molecule has 110 valence electrons. The molecule has 0 radical (unpaired) electrons. The zero-order chi connectivity index (χ0) is 15.3. The van der Waals surface area contributed by atoms with Gasteiger partial charge in [0.05, 0.1) is 17.7 Å². The normalized spacial score (nSPS) is 13.4. The fourth-order valence-electron chi connectivity index (χ4n) is 2.06. The van der Waals surface area contributed by atoms with Crippen LogP contribution in [0.2, 0.25) is 5.02 Å². The summed E-state index contributed by atoms with van der Waals surface area (Å²) in [6.07, 6.45) is 1.24. The third kappa shape index (κ3) is 3.73. The SMILES string of the molecule is CCCC(C)(NC(=O)c1ccc(C)cc1Cl)C(=O)OC. The van der Waals surface area contributed by atoms with Gasteiger partial charge in [0, 0.05) is 0 Å². The van der Waals surface area contributed by atoms with Crippen LogP contribution in [0.4, 0.5) is 0 Å². The highest BCUT2D eigenvalue weighted by molar-refractivity contribution is 6.34. The molecule has 1 N–H and O–H groups in total. The summed E-state index contributed by atoms with van der Waals surface area (Å²) in [5, 5.41) is 3.09. The Labute approximate surface area is 124 Å². The van der Waals surface area contributed by atoms with Crippen molar-refractivity contribution in [2.24, 2.45) is 0 Å². The summed E-state index contributed by atoms with van der Waals surface area (Å²) in [4.78, 5) is 24.1. The Kier molecular flexibility index (Phi) is 5.57. The molecule has 0 saturated heterocycles. The van der Waals surface area contributed by atoms with E-state index >= 15 is 0 Å². The monoisotopic (exact) mass is 297 g/mol. The number of amides is 1. The molecule has 4 nitrogen and oxygen atoms in total. The molecule has 5 heteroatoms. The Morgan fingerprint density at radius 2 is 2.05 bits per heavy atom. The van der Waals surface area contributed by atoms with Crippen molar-refractivity contribution in [1.82, 2.24) is 5.32 Å². The van der Waals surface area contributed by atoms with Gasteiger partial charge < -0.3 is 10.1 Å². The Morgan fingerprint density at radius 3 is 2.55 bits per heavy atom. The molecule has 20 heavy (non-hydrogen) atoms. The number of halogens is 1. The molecule has 1 rings (SSSR count). The van der Waals surface area contributed by atoms with Crippen molar-refractivity contribution in [3.8, 4) is 0 Å². The summed E-state index contributed by atoms with van der Waals surface area (Å²) in [5.41, 5.74) is 0.272. The number of hydrogen-bond donors (Lipinski definition) is 1. The lowest BCUT2D eigenvalue weighted by Crippen LogP contribution is -2.52. The van der Waals surface area contributed by atoms with Crippen LogP contribution in [0.3, 0.4) is 0 Å². The first-order valence-electron chi connectivity index (χ1n) is 6.51. The Morgan fingerprint density at radius 1 is 1.40 bits per heavy atom. The van der Waals surface area contributed by atoms with Crippen molar-refractivity contribution in [1.29, 1.82) is 0 Å². The van der Waals surface area contributed by atoms with Gasteiger partial charge in [-0.25, -0.2) is 4.79 Å². The van der Waals surface area contributed by atoms with E-state index < -0.39 is 11.5 Å². The zero-order valence-electron chi connectivity index (χ0n) is 12.2. The van der Waals surface area contributed by atoms with Crippen LogP contribution >= 0.6 is 11.6 Å². The number of methoxy groups -OCH3 is 1. The first kappa shape index (κ1) is 16.5. The molecule has 0 aliphatic rings. The summed E-state index contributed by atoms with van der Waals surface area (Å²) in [6, 6.07) is 5.17. The molecular weight excluding hydrogens is 278 g/mol. The maximum atomic E-state index is 12.3. The molecule has 0 fully saturated rings. The summed E-state index contributed by atoms with van der Waals surface area (Å²) in [6.45, 7) is 5.48. The second kappa shape index (κ2) is 6.75. The number of benzene rings is 1. The van der Waals surface area contributed by atoms with E-state index in [9.17, 15) is 9.59 Å². The zero-order valence-corrected chi connectivity index (χ0v) is 13.0. The maximum absolute atomic E-state index is 12.3. The Bertz CT molecular complexity index is 516. The van der Waals surface area contributed by atoms with Crippen LogP contribution in [-0.4, -0.2) is 24.5 Å². The minimum atomic E-state index is -1.05. The highest BCUT2D eigenvalue weighted by Crippen LogP contribution is 2.20. The molecule has 0 aliphatic heterocycles. The largest absolute Gasteiger partial charge is 0.467 e. The molecular formula is C15H20ClNO3. The average molecular weight is 298 g/mol. The number of nitrogens with one attached hydrogen (secondary N) is 1. The molecule has 0 aliphatic carbocycles. The van der Waals surface area contributed by atoms with Crippen LogP contribution in [0.25, 0.3) is 0 Å². The molecule has 0 aromatic heterocycles. The second-order valence-electron chi connectivity index (χ2n) is 5.01. The number of carbonyl (C=O) groups is 2. The molecule has 0 heterocycles. The predicted molar refractivity (Wildman–Crippen MR) is 79.0 cm³/mol. The quantitative estimate of drug-likeness (QED) is 0.850. The van der Waals surface area contributed by atoms with E-state index in [1.807, 2.05) is 13.8 Å². The number of ether oxygens (including phenoxy) is 1. The predicted octanol–water partition coefficient (Wildman–Crippen LogP) is 3.11. The van der Waals surface area contributed by atoms with Crippen molar-refractivity contribution in [3.05, 3.63) is 34.3 Å². The third-order valence-corrected chi connectivity index (χ3v) is 3.46. The highest BCUT2D eigenvalue weighted by atomic mass is 35.5. The van der Waals surface area contributed by atoms with E-state index in [1.54, 1.807) is 25.1 Å². The second-order valence-corrected chi connectivity index (χ2v) is 5.42. The fourth-order valence-corrected chi connectivity index (χ4v) is 2.38. The molecule has 0 bridgehead atoms. The van der Waals surface area contributed by atoms with Crippen molar-refractivity contribution >= 4 is 23.5 Å². The summed E-state index contributed by atoms with van der Waals surface area (Å²) < 4.78 is 4.77. The van der Waals surface area contributed by atoms with E-state index in [0.717, 1.165) is 12.0 Å². The number of hydrogen-bond acceptors (Lipinski definition) is 3. The Hall–Kier alpha value is -1.55. The number of esters is 1. The van der Waals surface area contributed by atoms with Gasteiger partial charge in [-0.1, -0.05) is 31.0 Å². The lowest BCUT2D eigenvalue weighted by molar-refractivity contribution is -0.147. The van der Waals surface area contributed by atoms with Gasteiger partial charge in [0.25, 0.3) is 5.91 Å². The maximum Gasteiger partial charge on any atom is 0.331 e. The summed E-state index contributed by atoms with van der Waals surface area (Å²) in [5.74, 6) is -0.840. The summed E-state index contributed by atoms with van der Waals surface area (Å²) in [7, 11) is 1.31. The fraction of sp³-hybridized carbons (Fsp3) is 0.467. The van der Waals surface area contributed by atoms with Gasteiger partial charge in [0.15, 0.2) is 0 Å². The topological polar surface area (TPSA) is 55.4 Å². The van der Waals surface area contributed by atoms with Crippen molar-refractivity contribution in [3.63, 3.8) is 0 Å². The van der Waals surface area contributed by atoms with E-state index in [4.69, 9.17) is 16.3 Å². The number of aryl methyl sites for hydroxylation is 1. The van der Waals surface area contributed by atoms with Crippen LogP contribution in [0.5, 0.6) is 0 Å². The van der Waals surface area contributed by atoms with E-state index in [0.29, 0.717) is 17.0 Å². The summed E-state index contributed by atoms with van der Waals surface area (Å²) >= 11 is 6.07. The van der Waals surface area contributed by atoms with Gasteiger partial charge in [0.1, 0.15) is 5.54 Å². The molecule has 1 atom stereocenters. The van der Waals surface area contributed by atoms with Gasteiger partial charge in [-0.2, -0.15) is 0 Å². The smallest absolute Gasteiger partial charge is 0.331 e. The van der Waals surface area contributed by atoms with E-state index in [-0.39, 0.29) is 5.91 Å². The van der Waals surface area contributed by atoms with Gasteiger partial charge in [-0.15, -0.1) is 0 Å². The van der Waals surface area contributed by atoms with Crippen LogP contribution in [0.1, 0.15) is 42.6 Å². The number of rotatable bonds is 5. The first-order valence-corrected chi connectivity index (χ1v) is 6.89. The standard InChI is InChI=1S/C15H20ClNO3/c1-5-8-15(3,14(19)20-4)17-13(18)11-7-6-10(2)9-12(11)16/h6-7,9H,5,8H2,1-4H3,(H,17,18). The first-order chi connectivity index (χ1) is 9.34. The minimum absolute atomic E-state index is 0.350. The number of carbonyl (C=O) groups excluding carboxylic acids is 2. The van der Waals surface area contributed by atoms with Gasteiger partial charge >= 0.3 is 5.97 Å². The lowest BCUT2D eigenvalue weighted by atomic mass is 9.95. The van der Waals surface area contributed by atoms with Gasteiger partial charge in [-0.3, -0.25) is 4.79 Å². The van der Waals surface area contributed by atoms with Crippen molar-refractivity contribution in [2.75, 3.05) is 7.11 Å². The van der Waals surface area contributed by atoms with Crippen LogP contribution < -0.4 is 5.32 Å². The van der Waals surface area contributed by atoms with Crippen molar-refractivity contribution in [2.45, 2.75) is 39.2 Å². The van der Waals surface area contributed by atoms with Gasteiger partial charge in [0.2, 0.25) is 0 Å². The Balaban J connectivity index is 2.99. The molecule has 1 aromatic carbocycles. The van der Waals surface area contributed by atoms with Gasteiger partial charge in [-0.05, 0) is 38.0 Å². The minimum Gasteiger partial charge on any atom is -0.467 e. The third-order valence-electron chi connectivity index (χ3n) is 3.14. The van der Waals surface area contributed by atoms with E-state index in [1.165, 1.54) is 7.11 Å². The van der Waals surface area contributed by atoms with Crippen LogP contribution in [-0.2, 0) is 9.53 Å².